The van der Waals surface area contributed by atoms with Crippen LogP contribution in [0.1, 0.15) is 63.7 Å². The van der Waals surface area contributed by atoms with Crippen molar-refractivity contribution in [2.24, 2.45) is 0 Å². The molecule has 0 unspecified atom stereocenters. The van der Waals surface area contributed by atoms with Gasteiger partial charge in [-0.25, -0.2) is 14.4 Å². The molecule has 0 fully saturated rings. The topological polar surface area (TPSA) is 159 Å². The van der Waals surface area contributed by atoms with Crippen molar-refractivity contribution in [2.75, 3.05) is 5.32 Å². The number of anilines is 1. The molecule has 10 nitrogen and oxygen atoms in total. The maximum absolute atomic E-state index is 13.5. The molecule has 5 aromatic rings. The Morgan fingerprint density at radius 1 is 0.542 bits per heavy atom. The number of hydrogen-bond donors (Lipinski definition) is 4. The van der Waals surface area contributed by atoms with Crippen molar-refractivity contribution in [1.82, 2.24) is 0 Å². The molecular formula is C38H29NO9. The minimum atomic E-state index is -1.22. The lowest BCUT2D eigenvalue weighted by molar-refractivity contribution is 0.0686. The Bertz CT molecular complexity index is 1900. The molecule has 0 heterocycles. The first kappa shape index (κ1) is 32.7. The van der Waals surface area contributed by atoms with Crippen molar-refractivity contribution in [3.8, 4) is 11.5 Å². The van der Waals surface area contributed by atoms with Gasteiger partial charge in [0.1, 0.15) is 24.7 Å². The predicted octanol–water partition coefficient (Wildman–Crippen LogP) is 7.36. The summed E-state index contributed by atoms with van der Waals surface area (Å²) in [6.07, 6.45) is 3.63. The van der Waals surface area contributed by atoms with Crippen molar-refractivity contribution < 1.29 is 44.0 Å². The van der Waals surface area contributed by atoms with Crippen LogP contribution in [0.2, 0.25) is 0 Å². The van der Waals surface area contributed by atoms with E-state index in [4.69, 9.17) is 19.7 Å². The molecule has 0 radical (unpaired) electrons. The largest absolute Gasteiger partial charge is 0.489 e. The number of aromatic carboxylic acids is 3. The molecule has 0 saturated heterocycles. The third-order valence-corrected chi connectivity index (χ3v) is 7.15. The van der Waals surface area contributed by atoms with E-state index in [0.717, 1.165) is 5.56 Å². The third-order valence-electron chi connectivity index (χ3n) is 7.15. The summed E-state index contributed by atoms with van der Waals surface area (Å²) in [5.41, 5.74) is 3.32. The molecule has 5 rings (SSSR count). The number of amides is 1. The molecule has 4 N–H and O–H groups in total. The van der Waals surface area contributed by atoms with E-state index >= 15 is 0 Å². The highest BCUT2D eigenvalue weighted by Crippen LogP contribution is 2.27. The second kappa shape index (κ2) is 15.1. The number of carboxylic acid groups (broad SMARTS) is 3. The molecule has 0 aliphatic heterocycles. The third kappa shape index (κ3) is 8.73. The monoisotopic (exact) mass is 643 g/mol. The van der Waals surface area contributed by atoms with E-state index in [1.807, 2.05) is 36.4 Å². The van der Waals surface area contributed by atoms with Gasteiger partial charge in [-0.05, 0) is 70.8 Å². The zero-order valence-corrected chi connectivity index (χ0v) is 25.3. The van der Waals surface area contributed by atoms with Crippen LogP contribution < -0.4 is 14.8 Å². The molecule has 0 spiro atoms. The zero-order valence-electron chi connectivity index (χ0n) is 25.3. The zero-order chi connectivity index (χ0) is 34.0. The van der Waals surface area contributed by atoms with Gasteiger partial charge in [-0.3, -0.25) is 4.79 Å². The Hall–Kier alpha value is -6.68. The highest BCUT2D eigenvalue weighted by Gasteiger charge is 2.17. The SMILES string of the molecule is O=C(O)c1ccc(COc2cc(OCc3ccc(C(=O)O)cc3)cc(C(=O)Nc3ccc(C=Cc4ccccc4)cc3C(=O)O)c2)cc1. The lowest BCUT2D eigenvalue weighted by Crippen LogP contribution is -2.15. The number of hydrogen-bond acceptors (Lipinski definition) is 6. The van der Waals surface area contributed by atoms with Gasteiger partial charge in [0.05, 0.1) is 22.4 Å². The summed E-state index contributed by atoms with van der Waals surface area (Å²) in [5.74, 6) is -3.40. The molecule has 5 aromatic carbocycles. The van der Waals surface area contributed by atoms with Gasteiger partial charge in [0.2, 0.25) is 0 Å². The molecule has 240 valence electrons. The van der Waals surface area contributed by atoms with E-state index in [2.05, 4.69) is 5.32 Å². The van der Waals surface area contributed by atoms with E-state index < -0.39 is 23.8 Å². The van der Waals surface area contributed by atoms with Gasteiger partial charge < -0.3 is 30.1 Å². The van der Waals surface area contributed by atoms with Crippen molar-refractivity contribution in [3.05, 3.63) is 160 Å². The summed E-state index contributed by atoms with van der Waals surface area (Å²) in [6.45, 7) is 0.115. The highest BCUT2D eigenvalue weighted by molar-refractivity contribution is 6.08. The van der Waals surface area contributed by atoms with Crippen LogP contribution in [0.25, 0.3) is 12.2 Å². The van der Waals surface area contributed by atoms with Gasteiger partial charge in [-0.15, -0.1) is 0 Å². The minimum Gasteiger partial charge on any atom is -0.489 e. The van der Waals surface area contributed by atoms with Crippen molar-refractivity contribution in [3.63, 3.8) is 0 Å². The molecule has 0 bridgehead atoms. The molecule has 1 amide bonds. The van der Waals surface area contributed by atoms with E-state index in [0.29, 0.717) is 16.7 Å². The number of rotatable bonds is 13. The summed E-state index contributed by atoms with van der Waals surface area (Å²) in [4.78, 5) is 48.0. The fourth-order valence-electron chi connectivity index (χ4n) is 4.59. The first-order chi connectivity index (χ1) is 23.1. The van der Waals surface area contributed by atoms with Crippen LogP contribution in [0.4, 0.5) is 5.69 Å². The minimum absolute atomic E-state index is 0.0577. The lowest BCUT2D eigenvalue weighted by atomic mass is 10.1. The molecule has 48 heavy (non-hydrogen) atoms. The van der Waals surface area contributed by atoms with E-state index in [1.165, 1.54) is 48.5 Å². The van der Waals surface area contributed by atoms with Crippen LogP contribution in [0, 0.1) is 0 Å². The smallest absolute Gasteiger partial charge is 0.337 e. The average Bonchev–Trinajstić information content (AvgIpc) is 3.10. The molecule has 0 atom stereocenters. The summed E-state index contributed by atoms with van der Waals surface area (Å²) < 4.78 is 11.9. The van der Waals surface area contributed by atoms with Crippen LogP contribution in [0.5, 0.6) is 11.5 Å². The molecule has 10 heteroatoms. The van der Waals surface area contributed by atoms with Gasteiger partial charge >= 0.3 is 17.9 Å². The van der Waals surface area contributed by atoms with Crippen LogP contribution in [0.15, 0.2) is 115 Å². The van der Waals surface area contributed by atoms with Crippen molar-refractivity contribution in [1.29, 1.82) is 0 Å². The van der Waals surface area contributed by atoms with E-state index in [9.17, 15) is 24.3 Å². The summed E-state index contributed by atoms with van der Waals surface area (Å²) in [5, 5.41) is 30.9. The number of carboxylic acids is 3. The van der Waals surface area contributed by atoms with Crippen LogP contribution in [-0.4, -0.2) is 39.1 Å². The Morgan fingerprint density at radius 2 is 1.06 bits per heavy atom. The molecule has 0 aliphatic carbocycles. The van der Waals surface area contributed by atoms with Gasteiger partial charge in [-0.1, -0.05) is 72.8 Å². The van der Waals surface area contributed by atoms with E-state index in [1.54, 1.807) is 42.5 Å². The fraction of sp³-hybridized carbons (Fsp3) is 0.0526. The Balaban J connectivity index is 1.37. The maximum Gasteiger partial charge on any atom is 0.337 e. The first-order valence-electron chi connectivity index (χ1n) is 14.6. The second-order valence-corrected chi connectivity index (χ2v) is 10.6. The van der Waals surface area contributed by atoms with Crippen LogP contribution in [0.3, 0.4) is 0 Å². The summed E-state index contributed by atoms with van der Waals surface area (Å²) >= 11 is 0. The predicted molar refractivity (Wildman–Crippen MR) is 179 cm³/mol. The summed E-state index contributed by atoms with van der Waals surface area (Å²) in [7, 11) is 0. The fourth-order valence-corrected chi connectivity index (χ4v) is 4.59. The Morgan fingerprint density at radius 3 is 1.56 bits per heavy atom. The van der Waals surface area contributed by atoms with E-state index in [-0.39, 0.29) is 52.7 Å². The molecular weight excluding hydrogens is 614 g/mol. The lowest BCUT2D eigenvalue weighted by Gasteiger charge is -2.14. The number of nitrogens with one attached hydrogen (secondary N) is 1. The van der Waals surface area contributed by atoms with Crippen molar-refractivity contribution in [2.45, 2.75) is 13.2 Å². The Kier molecular flexibility index (Phi) is 10.3. The summed E-state index contributed by atoms with van der Waals surface area (Å²) in [6, 6.07) is 31.0. The van der Waals surface area contributed by atoms with Crippen LogP contribution >= 0.6 is 0 Å². The normalized spacial score (nSPS) is 10.8. The van der Waals surface area contributed by atoms with Crippen molar-refractivity contribution >= 4 is 41.7 Å². The maximum atomic E-state index is 13.5. The molecule has 0 aromatic heterocycles. The molecule has 0 aliphatic rings. The Labute approximate surface area is 275 Å². The quantitative estimate of drug-likeness (QED) is 0.0961. The van der Waals surface area contributed by atoms with Crippen LogP contribution in [-0.2, 0) is 13.2 Å². The van der Waals surface area contributed by atoms with Gasteiger partial charge in [0.15, 0.2) is 0 Å². The van der Waals surface area contributed by atoms with Gasteiger partial charge in [-0.2, -0.15) is 0 Å². The first-order valence-corrected chi connectivity index (χ1v) is 14.6. The number of carbonyl (C=O) groups is 4. The number of ether oxygens (including phenoxy) is 2. The van der Waals surface area contributed by atoms with Gasteiger partial charge in [0, 0.05) is 11.6 Å². The number of carbonyl (C=O) groups excluding carboxylic acids is 1. The highest BCUT2D eigenvalue weighted by atomic mass is 16.5. The van der Waals surface area contributed by atoms with Gasteiger partial charge in [0.25, 0.3) is 5.91 Å². The standard InChI is InChI=1S/C38H29NO9/c40-35(39-34-17-12-25(18-33(34)38(45)46)7-6-24-4-2-1-3-5-24)30-19-31(47-22-26-8-13-28(14-9-26)36(41)42)21-32(20-30)48-23-27-10-15-29(16-11-27)37(43)44/h1-21H,22-23H2,(H,39,40)(H,41,42)(H,43,44)(H,45,46). The second-order valence-electron chi connectivity index (χ2n) is 10.6. The average molecular weight is 644 g/mol. The molecule has 0 saturated carbocycles. The number of benzene rings is 5.